The van der Waals surface area contributed by atoms with E-state index in [-0.39, 0.29) is 12.5 Å². The third-order valence-electron chi connectivity index (χ3n) is 4.96. The molecule has 0 unspecified atom stereocenters. The van der Waals surface area contributed by atoms with Crippen LogP contribution in [-0.2, 0) is 11.3 Å². The van der Waals surface area contributed by atoms with Gasteiger partial charge in [-0.15, -0.1) is 11.3 Å². The summed E-state index contributed by atoms with van der Waals surface area (Å²) in [6.07, 6.45) is 0. The molecule has 1 fully saturated rings. The molecule has 1 saturated heterocycles. The summed E-state index contributed by atoms with van der Waals surface area (Å²) in [5, 5.41) is 6.69. The summed E-state index contributed by atoms with van der Waals surface area (Å²) < 4.78 is 0. The molecule has 150 valence electrons. The predicted molar refractivity (Wildman–Crippen MR) is 117 cm³/mol. The van der Waals surface area contributed by atoms with Crippen molar-refractivity contribution in [2.75, 3.05) is 51.2 Å². The summed E-state index contributed by atoms with van der Waals surface area (Å²) in [5.41, 5.74) is 1.15. The van der Waals surface area contributed by atoms with Gasteiger partial charge in [0.2, 0.25) is 5.91 Å². The lowest BCUT2D eigenvalue weighted by atomic mass is 10.2. The lowest BCUT2D eigenvalue weighted by Gasteiger charge is -2.37. The highest BCUT2D eigenvalue weighted by Crippen LogP contribution is 2.22. The van der Waals surface area contributed by atoms with Crippen LogP contribution in [0.1, 0.15) is 12.5 Å². The summed E-state index contributed by atoms with van der Waals surface area (Å²) in [4.78, 5) is 23.6. The molecule has 1 aliphatic heterocycles. The number of benzene rings is 1. The van der Waals surface area contributed by atoms with E-state index in [4.69, 9.17) is 0 Å². The topological polar surface area (TPSA) is 51.2 Å². The number of hydrogen-bond acceptors (Lipinski definition) is 4. The molecule has 3 rings (SSSR count). The van der Waals surface area contributed by atoms with Gasteiger partial charge >= 0.3 is 0 Å². The van der Waals surface area contributed by atoms with E-state index in [2.05, 4.69) is 49.8 Å². The van der Waals surface area contributed by atoms with E-state index >= 15 is 0 Å². The second-order valence-electron chi connectivity index (χ2n) is 6.72. The van der Waals surface area contributed by atoms with Crippen LogP contribution in [0, 0.1) is 0 Å². The molecule has 6 nitrogen and oxygen atoms in total. The quantitative estimate of drug-likeness (QED) is 0.599. The number of nitrogens with zero attached hydrogens (tertiary/aromatic N) is 4. The van der Waals surface area contributed by atoms with E-state index in [0.717, 1.165) is 37.7 Å². The Balaban J connectivity index is 1.48. The molecule has 0 radical (unpaired) electrons. The van der Waals surface area contributed by atoms with Crippen LogP contribution in [0.15, 0.2) is 52.8 Å². The molecule has 1 aliphatic rings. The van der Waals surface area contributed by atoms with Gasteiger partial charge in [0.05, 0.1) is 11.5 Å². The van der Waals surface area contributed by atoms with Crippen molar-refractivity contribution in [3.63, 3.8) is 0 Å². The zero-order chi connectivity index (χ0) is 19.8. The molecule has 1 aromatic carbocycles. The predicted octanol–water partition coefficient (Wildman–Crippen LogP) is 2.49. The molecule has 1 amide bonds. The van der Waals surface area contributed by atoms with Gasteiger partial charge in [-0.05, 0) is 30.0 Å². The van der Waals surface area contributed by atoms with Crippen molar-refractivity contribution in [3.8, 4) is 0 Å². The van der Waals surface area contributed by atoms with Crippen molar-refractivity contribution < 1.29 is 4.79 Å². The Hall–Kier alpha value is -2.54. The average Bonchev–Trinajstić information content (AvgIpc) is 3.28. The fourth-order valence-corrected chi connectivity index (χ4v) is 4.15. The van der Waals surface area contributed by atoms with E-state index in [1.165, 1.54) is 5.00 Å². The Kier molecular flexibility index (Phi) is 7.31. The van der Waals surface area contributed by atoms with Crippen LogP contribution in [0.2, 0.25) is 0 Å². The number of carbonyl (C=O) groups is 1. The highest BCUT2D eigenvalue weighted by Gasteiger charge is 2.21. The second kappa shape index (κ2) is 10.1. The Bertz CT molecular complexity index is 754. The fourth-order valence-electron chi connectivity index (χ4n) is 3.37. The highest BCUT2D eigenvalue weighted by atomic mass is 32.1. The van der Waals surface area contributed by atoms with Gasteiger partial charge in [-0.3, -0.25) is 9.79 Å². The first-order valence-corrected chi connectivity index (χ1v) is 10.6. The van der Waals surface area contributed by atoms with Crippen molar-refractivity contribution in [1.29, 1.82) is 0 Å². The largest absolute Gasteiger partial charge is 0.360 e. The van der Waals surface area contributed by atoms with E-state index in [1.54, 1.807) is 18.4 Å². The Morgan fingerprint density at radius 3 is 2.50 bits per heavy atom. The zero-order valence-corrected chi connectivity index (χ0v) is 17.5. The third kappa shape index (κ3) is 5.25. The molecule has 2 heterocycles. The number of amides is 1. The maximum atomic E-state index is 12.7. The zero-order valence-electron chi connectivity index (χ0n) is 16.7. The molecule has 28 heavy (non-hydrogen) atoms. The van der Waals surface area contributed by atoms with Crippen LogP contribution in [-0.4, -0.2) is 68.0 Å². The summed E-state index contributed by atoms with van der Waals surface area (Å²) in [6, 6.07) is 14.4. The van der Waals surface area contributed by atoms with Gasteiger partial charge in [-0.1, -0.05) is 30.3 Å². The monoisotopic (exact) mass is 399 g/mol. The number of aliphatic imine (C=N–C) groups is 1. The number of hydrogen-bond donors (Lipinski definition) is 1. The first-order chi connectivity index (χ1) is 13.7. The van der Waals surface area contributed by atoms with Gasteiger partial charge < -0.3 is 20.0 Å². The van der Waals surface area contributed by atoms with Gasteiger partial charge in [-0.25, -0.2) is 0 Å². The number of rotatable bonds is 6. The lowest BCUT2D eigenvalue weighted by Crippen LogP contribution is -2.53. The molecular formula is C21H29N5OS. The number of anilines is 1. The molecule has 7 heteroatoms. The number of guanidine groups is 1. The van der Waals surface area contributed by atoms with Crippen LogP contribution >= 0.6 is 11.3 Å². The van der Waals surface area contributed by atoms with E-state index < -0.39 is 0 Å². The summed E-state index contributed by atoms with van der Waals surface area (Å²) in [7, 11) is 1.78. The normalized spacial score (nSPS) is 14.9. The molecule has 0 atom stereocenters. The first-order valence-electron chi connectivity index (χ1n) is 9.77. The molecular weight excluding hydrogens is 370 g/mol. The van der Waals surface area contributed by atoms with Crippen molar-refractivity contribution in [1.82, 2.24) is 15.1 Å². The van der Waals surface area contributed by atoms with E-state index in [1.807, 2.05) is 30.0 Å². The fraction of sp³-hybridized carbons (Fsp3) is 0.429. The molecule has 0 bridgehead atoms. The SMILES string of the molecule is CCN(Cc1ccccc1)C(=O)CNC(=NC)N1CCN(c2cccs2)CC1. The Labute approximate surface area is 171 Å². The van der Waals surface area contributed by atoms with Crippen molar-refractivity contribution in [2.45, 2.75) is 13.5 Å². The number of piperazine rings is 1. The van der Waals surface area contributed by atoms with Gasteiger partial charge in [0.25, 0.3) is 0 Å². The maximum absolute atomic E-state index is 12.7. The van der Waals surface area contributed by atoms with E-state index in [9.17, 15) is 4.79 Å². The smallest absolute Gasteiger partial charge is 0.242 e. The summed E-state index contributed by atoms with van der Waals surface area (Å²) >= 11 is 1.78. The van der Waals surface area contributed by atoms with Crippen molar-refractivity contribution in [2.24, 2.45) is 4.99 Å². The van der Waals surface area contributed by atoms with Crippen LogP contribution < -0.4 is 10.2 Å². The molecule has 2 aromatic rings. The van der Waals surface area contributed by atoms with Crippen LogP contribution in [0.5, 0.6) is 0 Å². The van der Waals surface area contributed by atoms with Crippen molar-refractivity contribution in [3.05, 3.63) is 53.4 Å². The highest BCUT2D eigenvalue weighted by molar-refractivity contribution is 7.14. The second-order valence-corrected chi connectivity index (χ2v) is 7.65. The standard InChI is InChI=1S/C21H29N5OS/c1-3-24(17-18-8-5-4-6-9-18)19(27)16-23-21(22-2)26-13-11-25(12-14-26)20-10-7-15-28-20/h4-10,15H,3,11-14,16-17H2,1-2H3,(H,22,23). The van der Waals surface area contributed by atoms with Gasteiger partial charge in [0.1, 0.15) is 0 Å². The number of likely N-dealkylation sites (N-methyl/N-ethyl adjacent to an activating group) is 1. The van der Waals surface area contributed by atoms with E-state index in [0.29, 0.717) is 13.1 Å². The molecule has 0 saturated carbocycles. The Morgan fingerprint density at radius 1 is 1.14 bits per heavy atom. The third-order valence-corrected chi connectivity index (χ3v) is 5.89. The van der Waals surface area contributed by atoms with Crippen LogP contribution in [0.4, 0.5) is 5.00 Å². The van der Waals surface area contributed by atoms with Gasteiger partial charge in [0, 0.05) is 46.3 Å². The molecule has 1 aromatic heterocycles. The minimum absolute atomic E-state index is 0.0877. The van der Waals surface area contributed by atoms with Crippen LogP contribution in [0.25, 0.3) is 0 Å². The molecule has 0 aliphatic carbocycles. The van der Waals surface area contributed by atoms with Gasteiger partial charge in [0.15, 0.2) is 5.96 Å². The number of carbonyl (C=O) groups excluding carboxylic acids is 1. The number of thiophene rings is 1. The summed E-state index contributed by atoms with van der Waals surface area (Å²) in [5.74, 6) is 0.889. The minimum atomic E-state index is 0.0877. The minimum Gasteiger partial charge on any atom is -0.360 e. The average molecular weight is 400 g/mol. The molecule has 1 N–H and O–H groups in total. The lowest BCUT2D eigenvalue weighted by molar-refractivity contribution is -0.130. The molecule has 0 spiro atoms. The number of nitrogens with one attached hydrogen (secondary N) is 1. The summed E-state index contributed by atoms with van der Waals surface area (Å²) in [6.45, 7) is 7.32. The Morgan fingerprint density at radius 2 is 1.89 bits per heavy atom. The van der Waals surface area contributed by atoms with Crippen LogP contribution in [0.3, 0.4) is 0 Å². The van der Waals surface area contributed by atoms with Crippen molar-refractivity contribution >= 4 is 28.2 Å². The maximum Gasteiger partial charge on any atom is 0.242 e. The first kappa shape index (κ1) is 20.2. The van der Waals surface area contributed by atoms with Gasteiger partial charge in [-0.2, -0.15) is 0 Å².